The number of likely N-dealkylation sites (N-methyl/N-ethyl adjacent to an activating group) is 1. The highest BCUT2D eigenvalue weighted by atomic mass is 32.1. The van der Waals surface area contributed by atoms with Crippen molar-refractivity contribution in [3.8, 4) is 0 Å². The Balaban J connectivity index is 1.88. The summed E-state index contributed by atoms with van der Waals surface area (Å²) in [6, 6.07) is 10.1. The molecule has 0 atom stereocenters. The summed E-state index contributed by atoms with van der Waals surface area (Å²) in [4.78, 5) is 30.7. The average molecular weight is 455 g/mol. The number of nitrogens with zero attached hydrogens (tertiary/aromatic N) is 3. The van der Waals surface area contributed by atoms with Crippen LogP contribution in [0.1, 0.15) is 25.0 Å². The molecule has 0 spiro atoms. The van der Waals surface area contributed by atoms with E-state index in [1.54, 1.807) is 30.9 Å². The zero-order chi connectivity index (χ0) is 23.6. The fraction of sp³-hybridized carbons (Fsp3) is 0.304. The van der Waals surface area contributed by atoms with Crippen LogP contribution in [-0.4, -0.2) is 36.1 Å². The van der Waals surface area contributed by atoms with Crippen molar-refractivity contribution in [3.05, 3.63) is 64.8 Å². The molecule has 9 heteroatoms. The predicted molar refractivity (Wildman–Crippen MR) is 124 cm³/mol. The van der Waals surface area contributed by atoms with E-state index in [-0.39, 0.29) is 47.1 Å². The molecule has 1 N–H and O–H groups in total. The van der Waals surface area contributed by atoms with E-state index in [0.717, 1.165) is 5.56 Å². The summed E-state index contributed by atoms with van der Waals surface area (Å²) >= 11 is 5.60. The number of rotatable bonds is 6. The number of benzene rings is 2. The third-order valence-electron chi connectivity index (χ3n) is 5.34. The Morgan fingerprint density at radius 2 is 1.91 bits per heavy atom. The minimum Gasteiger partial charge on any atom is -0.367 e. The van der Waals surface area contributed by atoms with Crippen LogP contribution in [-0.2, 0) is 20.9 Å². The van der Waals surface area contributed by atoms with Crippen molar-refractivity contribution in [1.29, 1.82) is 0 Å². The van der Waals surface area contributed by atoms with Gasteiger partial charge in [0, 0.05) is 12.7 Å². The number of carbonyl (C=O) groups is 2. The summed E-state index contributed by atoms with van der Waals surface area (Å²) in [5.74, 6) is -1.22. The van der Waals surface area contributed by atoms with Crippen molar-refractivity contribution in [2.24, 2.45) is 0 Å². The Labute approximate surface area is 191 Å². The summed E-state index contributed by atoms with van der Waals surface area (Å²) in [5, 5.41) is 2.63. The average Bonchev–Trinajstić information content (AvgIpc) is 2.94. The van der Waals surface area contributed by atoms with Crippen molar-refractivity contribution in [3.63, 3.8) is 0 Å². The van der Waals surface area contributed by atoms with Gasteiger partial charge in [-0.3, -0.25) is 14.5 Å². The number of nitrogens with one attached hydrogen (secondary N) is 1. The van der Waals surface area contributed by atoms with Crippen molar-refractivity contribution in [2.75, 3.05) is 23.5 Å². The molecule has 3 rings (SSSR count). The lowest BCUT2D eigenvalue weighted by atomic mass is 10.0. The van der Waals surface area contributed by atoms with Crippen LogP contribution in [0, 0.1) is 19.3 Å². The zero-order valence-electron chi connectivity index (χ0n) is 18.2. The topological polar surface area (TPSA) is 66.2 Å². The highest BCUT2D eigenvalue weighted by Crippen LogP contribution is 2.39. The van der Waals surface area contributed by atoms with E-state index >= 15 is 4.39 Å². The molecule has 0 saturated carbocycles. The fourth-order valence-corrected chi connectivity index (χ4v) is 3.99. The number of carbonyl (C=O) groups excluding carboxylic acids is 2. The largest absolute Gasteiger partial charge is 0.367 e. The summed E-state index contributed by atoms with van der Waals surface area (Å²) in [6.45, 7) is 12.3. The molecule has 32 heavy (non-hydrogen) atoms. The molecule has 1 saturated heterocycles. The van der Waals surface area contributed by atoms with E-state index in [4.69, 9.17) is 23.5 Å². The second-order valence-corrected chi connectivity index (χ2v) is 8.17. The highest BCUT2D eigenvalue weighted by molar-refractivity contribution is 7.81. The molecule has 1 fully saturated rings. The number of anilines is 2. The molecule has 0 unspecified atom stereocenters. The first-order valence-electron chi connectivity index (χ1n) is 9.86. The number of amides is 2. The number of halogens is 1. The van der Waals surface area contributed by atoms with Gasteiger partial charge in [0.2, 0.25) is 5.91 Å². The van der Waals surface area contributed by atoms with Crippen LogP contribution in [0.25, 0.3) is 4.85 Å². The zero-order valence-corrected chi connectivity index (χ0v) is 19.0. The van der Waals surface area contributed by atoms with Gasteiger partial charge in [0.05, 0.1) is 18.9 Å². The Morgan fingerprint density at radius 3 is 2.50 bits per heavy atom. The number of thiocarbonyl (C=S) groups is 1. The van der Waals surface area contributed by atoms with Gasteiger partial charge in [-0.15, -0.1) is 0 Å². The molecular weight excluding hydrogens is 431 g/mol. The monoisotopic (exact) mass is 454 g/mol. The number of hydrogen-bond donors (Lipinski definition) is 1. The molecule has 2 amide bonds. The molecule has 0 radical (unpaired) electrons. The Kier molecular flexibility index (Phi) is 6.57. The normalized spacial score (nSPS) is 15.1. The van der Waals surface area contributed by atoms with Crippen LogP contribution in [0.5, 0.6) is 0 Å². The van der Waals surface area contributed by atoms with Crippen LogP contribution < -0.4 is 15.1 Å². The van der Waals surface area contributed by atoms with E-state index in [1.165, 1.54) is 31.0 Å². The van der Waals surface area contributed by atoms with E-state index < -0.39 is 11.4 Å². The van der Waals surface area contributed by atoms with Crippen LogP contribution in [0.3, 0.4) is 0 Å². The maximum atomic E-state index is 15.0. The minimum atomic E-state index is -1.05. The molecule has 166 valence electrons. The van der Waals surface area contributed by atoms with E-state index in [9.17, 15) is 9.59 Å². The van der Waals surface area contributed by atoms with Crippen molar-refractivity contribution < 1.29 is 18.7 Å². The molecule has 0 aliphatic carbocycles. The molecule has 2 aromatic carbocycles. The molecule has 0 aromatic heterocycles. The Bertz CT molecular complexity index is 1130. The third-order valence-corrected chi connectivity index (χ3v) is 5.71. The Hall–Kier alpha value is -3.35. The Morgan fingerprint density at radius 1 is 1.25 bits per heavy atom. The number of hydrogen-bond acceptors (Lipinski definition) is 4. The smallest absolute Gasteiger partial charge is 0.259 e. The lowest BCUT2D eigenvalue weighted by molar-refractivity contribution is -0.125. The van der Waals surface area contributed by atoms with Gasteiger partial charge in [-0.25, -0.2) is 9.24 Å². The van der Waals surface area contributed by atoms with E-state index in [1.807, 2.05) is 12.1 Å². The van der Waals surface area contributed by atoms with E-state index in [2.05, 4.69) is 10.2 Å². The van der Waals surface area contributed by atoms with Gasteiger partial charge in [0.25, 0.3) is 5.91 Å². The number of ether oxygens (including phenoxy) is 1. The third kappa shape index (κ3) is 4.07. The van der Waals surface area contributed by atoms with E-state index in [0.29, 0.717) is 5.69 Å². The second-order valence-electron chi connectivity index (χ2n) is 7.80. The van der Waals surface area contributed by atoms with Crippen LogP contribution in [0.15, 0.2) is 36.4 Å². The maximum absolute atomic E-state index is 15.0. The second kappa shape index (κ2) is 9.02. The van der Waals surface area contributed by atoms with Crippen molar-refractivity contribution in [2.45, 2.75) is 32.9 Å². The van der Waals surface area contributed by atoms with Crippen molar-refractivity contribution in [1.82, 2.24) is 5.32 Å². The first-order valence-corrected chi connectivity index (χ1v) is 10.3. The first kappa shape index (κ1) is 23.3. The first-order chi connectivity index (χ1) is 15.1. The molecular formula is C23H23FN4O3S. The lowest BCUT2D eigenvalue weighted by Crippen LogP contribution is -2.44. The van der Waals surface area contributed by atoms with Gasteiger partial charge in [-0.2, -0.15) is 0 Å². The quantitative estimate of drug-likeness (QED) is 0.530. The maximum Gasteiger partial charge on any atom is 0.259 e. The summed E-state index contributed by atoms with van der Waals surface area (Å²) in [6.07, 6.45) is 0. The molecule has 0 bridgehead atoms. The standard InChI is InChI=1S/C23H23FN4O3S/c1-14-17(25-4)10-11-18(20(14)24)27-21(30)23(2,3)28(22(27)32)16-8-6-15(7-9-16)12-31-13-19(29)26-5/h6-11H,12-13H2,1-3,5H3,(H,26,29). The van der Waals surface area contributed by atoms with Gasteiger partial charge in [0.15, 0.2) is 10.8 Å². The molecule has 1 aliphatic heterocycles. The van der Waals surface area contributed by atoms with Crippen LogP contribution in [0.2, 0.25) is 0 Å². The predicted octanol–water partition coefficient (Wildman–Crippen LogP) is 3.86. The highest BCUT2D eigenvalue weighted by Gasteiger charge is 2.50. The van der Waals surface area contributed by atoms with Crippen LogP contribution in [0.4, 0.5) is 21.5 Å². The summed E-state index contributed by atoms with van der Waals surface area (Å²) in [5.41, 5.74) is 0.855. The lowest BCUT2D eigenvalue weighted by Gasteiger charge is -2.29. The minimum absolute atomic E-state index is 0.0275. The molecule has 1 heterocycles. The molecule has 2 aromatic rings. The summed E-state index contributed by atoms with van der Waals surface area (Å²) < 4.78 is 20.4. The van der Waals surface area contributed by atoms with Crippen LogP contribution >= 0.6 is 12.2 Å². The van der Waals surface area contributed by atoms with Gasteiger partial charge in [-0.1, -0.05) is 18.2 Å². The molecule has 1 aliphatic rings. The SMILES string of the molecule is [C-]#[N+]c1ccc(N2C(=O)C(C)(C)N(c3ccc(COCC(=O)NC)cc3)C2=S)c(F)c1C. The van der Waals surface area contributed by atoms with Gasteiger partial charge < -0.3 is 15.0 Å². The van der Waals surface area contributed by atoms with Gasteiger partial charge in [0.1, 0.15) is 18.0 Å². The van der Waals surface area contributed by atoms with Gasteiger partial charge >= 0.3 is 0 Å². The molecule has 7 nitrogen and oxygen atoms in total. The van der Waals surface area contributed by atoms with Gasteiger partial charge in [-0.05, 0) is 62.3 Å². The summed E-state index contributed by atoms with van der Waals surface area (Å²) in [7, 11) is 1.54. The van der Waals surface area contributed by atoms with Crippen molar-refractivity contribution >= 4 is 46.2 Å². The fourth-order valence-electron chi connectivity index (χ4n) is 3.47.